The zero-order valence-electron chi connectivity index (χ0n) is 13.0. The van der Waals surface area contributed by atoms with E-state index in [1.165, 1.54) is 4.31 Å². The zero-order valence-corrected chi connectivity index (χ0v) is 13.8. The first kappa shape index (κ1) is 15.1. The third-order valence-electron chi connectivity index (χ3n) is 5.81. The van der Waals surface area contributed by atoms with Crippen molar-refractivity contribution < 1.29 is 13.2 Å². The first-order chi connectivity index (χ1) is 11.0. The number of nitrogens with two attached hydrogens (primary N) is 1. The van der Waals surface area contributed by atoms with Gasteiger partial charge >= 0.3 is 0 Å². The van der Waals surface area contributed by atoms with Crippen LogP contribution in [0.2, 0.25) is 0 Å². The van der Waals surface area contributed by atoms with Crippen molar-refractivity contribution in [2.24, 2.45) is 17.6 Å². The van der Waals surface area contributed by atoms with Crippen molar-refractivity contribution >= 4 is 15.9 Å². The maximum absolute atomic E-state index is 13.0. The van der Waals surface area contributed by atoms with Crippen molar-refractivity contribution in [1.29, 1.82) is 0 Å². The van der Waals surface area contributed by atoms with Gasteiger partial charge in [0, 0.05) is 12.5 Å². The largest absolute Gasteiger partial charge is 0.368 e. The van der Waals surface area contributed by atoms with Crippen LogP contribution in [0.1, 0.15) is 37.2 Å². The molecule has 1 saturated heterocycles. The minimum Gasteiger partial charge on any atom is -0.368 e. The molecule has 124 valence electrons. The predicted octanol–water partition coefficient (Wildman–Crippen LogP) is 1.46. The summed E-state index contributed by atoms with van der Waals surface area (Å²) in [7, 11) is -3.47. The van der Waals surface area contributed by atoms with E-state index in [-0.39, 0.29) is 11.8 Å². The third kappa shape index (κ3) is 2.39. The number of fused-ring (bicyclic) bond motifs is 1. The van der Waals surface area contributed by atoms with Gasteiger partial charge in [-0.1, -0.05) is 36.8 Å². The summed E-state index contributed by atoms with van der Waals surface area (Å²) in [4.78, 5) is 11.9. The molecule has 23 heavy (non-hydrogen) atoms. The molecule has 1 aliphatic heterocycles. The molecular weight excluding hydrogens is 312 g/mol. The van der Waals surface area contributed by atoms with E-state index in [9.17, 15) is 13.2 Å². The van der Waals surface area contributed by atoms with Gasteiger partial charge in [-0.2, -0.15) is 4.31 Å². The first-order valence-electron chi connectivity index (χ1n) is 8.35. The second-order valence-electron chi connectivity index (χ2n) is 7.11. The number of nitrogens with zero attached hydrogens (tertiary/aromatic N) is 1. The maximum atomic E-state index is 13.0. The molecule has 1 amide bonds. The van der Waals surface area contributed by atoms with Crippen molar-refractivity contribution in [2.75, 3.05) is 6.54 Å². The molecule has 1 aromatic carbocycles. The zero-order chi connectivity index (χ0) is 16.2. The van der Waals surface area contributed by atoms with Crippen LogP contribution in [-0.4, -0.2) is 36.5 Å². The fraction of sp³-hybridized carbons (Fsp3) is 0.588. The van der Waals surface area contributed by atoms with Gasteiger partial charge in [-0.3, -0.25) is 4.79 Å². The quantitative estimate of drug-likeness (QED) is 0.905. The van der Waals surface area contributed by atoms with Crippen LogP contribution < -0.4 is 5.73 Å². The molecule has 6 heteroatoms. The lowest BCUT2D eigenvalue weighted by atomic mass is 9.94. The summed E-state index contributed by atoms with van der Waals surface area (Å²) < 4.78 is 27.5. The highest BCUT2D eigenvalue weighted by molar-refractivity contribution is 7.90. The number of carbonyl (C=O) groups is 1. The minimum atomic E-state index is -3.47. The second-order valence-corrected chi connectivity index (χ2v) is 9.21. The van der Waals surface area contributed by atoms with Crippen molar-refractivity contribution in [3.05, 3.63) is 35.9 Å². The van der Waals surface area contributed by atoms with Gasteiger partial charge in [0.15, 0.2) is 0 Å². The molecule has 2 N–H and O–H groups in total. The van der Waals surface area contributed by atoms with Gasteiger partial charge in [-0.25, -0.2) is 8.42 Å². The summed E-state index contributed by atoms with van der Waals surface area (Å²) in [6.07, 6.45) is 3.64. The number of sulfonamides is 1. The number of hydrogen-bond donors (Lipinski definition) is 1. The lowest BCUT2D eigenvalue weighted by molar-refractivity contribution is -0.122. The molecule has 5 nitrogen and oxygen atoms in total. The molecule has 2 aliphatic carbocycles. The van der Waals surface area contributed by atoms with E-state index in [1.54, 1.807) is 0 Å². The Labute approximate surface area is 136 Å². The van der Waals surface area contributed by atoms with Crippen LogP contribution in [0.4, 0.5) is 0 Å². The summed E-state index contributed by atoms with van der Waals surface area (Å²) in [6.45, 7) is 0.471. The minimum absolute atomic E-state index is 0.0511. The number of carbonyl (C=O) groups excluding carboxylic acids is 1. The molecule has 1 aromatic rings. The summed E-state index contributed by atoms with van der Waals surface area (Å²) >= 11 is 0. The highest BCUT2D eigenvalue weighted by atomic mass is 32.2. The maximum Gasteiger partial charge on any atom is 0.236 e. The predicted molar refractivity (Wildman–Crippen MR) is 87.0 cm³/mol. The highest BCUT2D eigenvalue weighted by Crippen LogP contribution is 2.50. The fourth-order valence-corrected chi connectivity index (χ4v) is 6.95. The van der Waals surface area contributed by atoms with Gasteiger partial charge in [0.05, 0.1) is 5.25 Å². The average molecular weight is 334 g/mol. The van der Waals surface area contributed by atoms with E-state index in [1.807, 2.05) is 30.3 Å². The van der Waals surface area contributed by atoms with Gasteiger partial charge in [-0.15, -0.1) is 0 Å². The van der Waals surface area contributed by atoms with Crippen LogP contribution in [0, 0.1) is 11.8 Å². The highest BCUT2D eigenvalue weighted by Gasteiger charge is 2.57. The molecule has 5 atom stereocenters. The molecule has 0 bridgehead atoms. The van der Waals surface area contributed by atoms with Gasteiger partial charge in [0.2, 0.25) is 15.9 Å². The first-order valence-corrected chi connectivity index (χ1v) is 9.85. The van der Waals surface area contributed by atoms with E-state index in [4.69, 9.17) is 5.73 Å². The molecule has 3 unspecified atom stereocenters. The number of amides is 1. The Morgan fingerprint density at radius 1 is 1.17 bits per heavy atom. The number of rotatable bonds is 4. The molecule has 4 rings (SSSR count). The van der Waals surface area contributed by atoms with Crippen LogP contribution >= 0.6 is 0 Å². The van der Waals surface area contributed by atoms with E-state index in [0.29, 0.717) is 18.9 Å². The lowest BCUT2D eigenvalue weighted by Crippen LogP contribution is -2.47. The van der Waals surface area contributed by atoms with Gasteiger partial charge < -0.3 is 5.73 Å². The Hall–Kier alpha value is -1.40. The molecule has 0 aromatic heterocycles. The topological polar surface area (TPSA) is 80.5 Å². The van der Waals surface area contributed by atoms with E-state index < -0.39 is 27.2 Å². The normalized spacial score (nSPS) is 36.8. The number of primary amides is 1. The molecular formula is C17H22N2O3S. The Morgan fingerprint density at radius 2 is 1.91 bits per heavy atom. The summed E-state index contributed by atoms with van der Waals surface area (Å²) in [5.41, 5.74) is 6.63. The van der Waals surface area contributed by atoms with Crippen molar-refractivity contribution in [3.8, 4) is 0 Å². The monoisotopic (exact) mass is 334 g/mol. The van der Waals surface area contributed by atoms with Gasteiger partial charge in [-0.05, 0) is 36.7 Å². The molecule has 3 fully saturated rings. The fourth-order valence-electron chi connectivity index (χ4n) is 4.61. The van der Waals surface area contributed by atoms with Crippen LogP contribution in [0.25, 0.3) is 0 Å². The Kier molecular flexibility index (Phi) is 3.50. The number of benzene rings is 1. The standard InChI is InChI=1S/C17H22N2O3S/c18-17(20)16-13-8-4-7-12(13)10-19(16)23(21,22)15-9-14(15)11-5-2-1-3-6-11/h1-3,5-6,12-16H,4,7-10H2,(H2,18,20)/t12?,13?,14-,15+,16?/m0/s1. The van der Waals surface area contributed by atoms with Crippen molar-refractivity contribution in [2.45, 2.75) is 42.9 Å². The third-order valence-corrected chi connectivity index (χ3v) is 8.12. The average Bonchev–Trinajstić information content (AvgIpc) is 3.07. The van der Waals surface area contributed by atoms with E-state index >= 15 is 0 Å². The van der Waals surface area contributed by atoms with Crippen LogP contribution in [0.3, 0.4) is 0 Å². The Morgan fingerprint density at radius 3 is 2.61 bits per heavy atom. The van der Waals surface area contributed by atoms with Crippen LogP contribution in [-0.2, 0) is 14.8 Å². The van der Waals surface area contributed by atoms with Crippen LogP contribution in [0.15, 0.2) is 30.3 Å². The van der Waals surface area contributed by atoms with E-state index in [2.05, 4.69) is 0 Å². The Balaban J connectivity index is 1.58. The number of hydrogen-bond acceptors (Lipinski definition) is 3. The molecule has 2 saturated carbocycles. The molecule has 3 aliphatic rings. The van der Waals surface area contributed by atoms with Crippen LogP contribution in [0.5, 0.6) is 0 Å². The van der Waals surface area contributed by atoms with Gasteiger partial charge in [0.25, 0.3) is 0 Å². The summed E-state index contributed by atoms with van der Waals surface area (Å²) in [5.74, 6) is -0.0116. The molecule has 0 spiro atoms. The van der Waals surface area contributed by atoms with Gasteiger partial charge in [0.1, 0.15) is 6.04 Å². The molecule has 1 heterocycles. The van der Waals surface area contributed by atoms with Crippen molar-refractivity contribution in [3.63, 3.8) is 0 Å². The summed E-state index contributed by atoms with van der Waals surface area (Å²) in [6, 6.07) is 9.12. The SMILES string of the molecule is NC(=O)C1C2CCCC2CN1S(=O)(=O)[C@@H]1C[C@H]1c1ccccc1. The Bertz CT molecular complexity index is 719. The summed E-state index contributed by atoms with van der Waals surface area (Å²) in [5, 5.41) is -0.398. The van der Waals surface area contributed by atoms with E-state index in [0.717, 1.165) is 24.8 Å². The lowest BCUT2D eigenvalue weighted by Gasteiger charge is -2.24. The van der Waals surface area contributed by atoms with Crippen molar-refractivity contribution in [1.82, 2.24) is 4.31 Å². The smallest absolute Gasteiger partial charge is 0.236 e. The second kappa shape index (κ2) is 5.31. The molecule has 0 radical (unpaired) electrons.